The molecule has 1 amide bonds. The molecular formula is C17H24N2O2. The highest BCUT2D eigenvalue weighted by atomic mass is 16.5. The van der Waals surface area contributed by atoms with Gasteiger partial charge in [-0.1, -0.05) is 24.3 Å². The monoisotopic (exact) mass is 288 g/mol. The summed E-state index contributed by atoms with van der Waals surface area (Å²) in [4.78, 5) is 16.6. The second-order valence-electron chi connectivity index (χ2n) is 5.44. The Hall–Kier alpha value is -1.81. The van der Waals surface area contributed by atoms with Gasteiger partial charge in [0, 0.05) is 32.7 Å². The Balaban J connectivity index is 1.88. The van der Waals surface area contributed by atoms with Crippen molar-refractivity contribution in [3.05, 3.63) is 42.5 Å². The van der Waals surface area contributed by atoms with Crippen LogP contribution in [0.5, 0.6) is 5.75 Å². The fourth-order valence-electron chi connectivity index (χ4n) is 2.52. The third-order valence-corrected chi connectivity index (χ3v) is 3.82. The van der Waals surface area contributed by atoms with Crippen molar-refractivity contribution < 1.29 is 9.53 Å². The molecule has 2 rings (SSSR count). The highest BCUT2D eigenvalue weighted by Gasteiger charge is 2.25. The number of carbonyl (C=O) groups is 1. The van der Waals surface area contributed by atoms with Crippen LogP contribution in [0.3, 0.4) is 0 Å². The molecule has 114 valence electrons. The topological polar surface area (TPSA) is 32.8 Å². The van der Waals surface area contributed by atoms with Crippen LogP contribution in [0.25, 0.3) is 0 Å². The van der Waals surface area contributed by atoms with Crippen LogP contribution in [0.15, 0.2) is 36.9 Å². The molecule has 21 heavy (non-hydrogen) atoms. The summed E-state index contributed by atoms with van der Waals surface area (Å²) in [5.41, 5.74) is 1.05. The van der Waals surface area contributed by atoms with Crippen molar-refractivity contribution in [2.75, 3.05) is 32.7 Å². The Kier molecular flexibility index (Phi) is 5.39. The first-order valence-electron chi connectivity index (χ1n) is 7.46. The second kappa shape index (κ2) is 7.27. The van der Waals surface area contributed by atoms with Crippen molar-refractivity contribution in [3.63, 3.8) is 0 Å². The van der Waals surface area contributed by atoms with Gasteiger partial charge in [0.15, 0.2) is 6.10 Å². The van der Waals surface area contributed by atoms with Gasteiger partial charge in [-0.05, 0) is 25.5 Å². The zero-order valence-electron chi connectivity index (χ0n) is 12.9. The van der Waals surface area contributed by atoms with E-state index in [1.165, 1.54) is 0 Å². The standard InChI is InChI=1S/C17H24N2O2/c1-4-9-18-10-12-19(13-11-18)17(20)15(3)21-16-8-6-5-7-14(16)2/h4-8,15H,1,9-13H2,2-3H3/t15-/m0/s1. The highest BCUT2D eigenvalue weighted by Crippen LogP contribution is 2.18. The smallest absolute Gasteiger partial charge is 0.263 e. The molecule has 1 saturated heterocycles. The number of benzene rings is 1. The van der Waals surface area contributed by atoms with E-state index in [1.54, 1.807) is 0 Å². The first-order valence-corrected chi connectivity index (χ1v) is 7.46. The molecular weight excluding hydrogens is 264 g/mol. The average molecular weight is 288 g/mol. The van der Waals surface area contributed by atoms with Crippen LogP contribution in [-0.4, -0.2) is 54.5 Å². The summed E-state index contributed by atoms with van der Waals surface area (Å²) in [7, 11) is 0. The molecule has 1 aliphatic rings. The van der Waals surface area contributed by atoms with Crippen molar-refractivity contribution in [1.29, 1.82) is 0 Å². The maximum Gasteiger partial charge on any atom is 0.263 e. The zero-order valence-corrected chi connectivity index (χ0v) is 12.9. The van der Waals surface area contributed by atoms with Gasteiger partial charge in [-0.3, -0.25) is 9.69 Å². The lowest BCUT2D eigenvalue weighted by Crippen LogP contribution is -2.51. The molecule has 0 saturated carbocycles. The third-order valence-electron chi connectivity index (χ3n) is 3.82. The van der Waals surface area contributed by atoms with Gasteiger partial charge in [0.05, 0.1) is 0 Å². The summed E-state index contributed by atoms with van der Waals surface area (Å²) < 4.78 is 5.81. The summed E-state index contributed by atoms with van der Waals surface area (Å²) >= 11 is 0. The zero-order chi connectivity index (χ0) is 15.2. The van der Waals surface area contributed by atoms with E-state index in [1.807, 2.05) is 49.1 Å². The lowest BCUT2D eigenvalue weighted by Gasteiger charge is -2.35. The lowest BCUT2D eigenvalue weighted by atomic mass is 10.2. The summed E-state index contributed by atoms with van der Waals surface area (Å²) in [6.07, 6.45) is 1.46. The normalized spacial score (nSPS) is 17.3. The molecule has 0 aromatic heterocycles. The molecule has 1 aromatic carbocycles. The first-order chi connectivity index (χ1) is 10.1. The molecule has 0 spiro atoms. The number of rotatable bonds is 5. The number of hydrogen-bond acceptors (Lipinski definition) is 3. The Morgan fingerprint density at radius 3 is 2.62 bits per heavy atom. The molecule has 4 nitrogen and oxygen atoms in total. The fraction of sp³-hybridized carbons (Fsp3) is 0.471. The first kappa shape index (κ1) is 15.6. The Morgan fingerprint density at radius 2 is 2.00 bits per heavy atom. The molecule has 1 fully saturated rings. The van der Waals surface area contributed by atoms with Crippen LogP contribution in [-0.2, 0) is 4.79 Å². The Labute approximate surface area is 127 Å². The fourth-order valence-corrected chi connectivity index (χ4v) is 2.52. The van der Waals surface area contributed by atoms with Gasteiger partial charge in [0.1, 0.15) is 5.75 Å². The van der Waals surface area contributed by atoms with E-state index >= 15 is 0 Å². The highest BCUT2D eigenvalue weighted by molar-refractivity contribution is 5.81. The number of para-hydroxylation sites is 1. The quantitative estimate of drug-likeness (QED) is 0.778. The van der Waals surface area contributed by atoms with Crippen LogP contribution in [0.1, 0.15) is 12.5 Å². The SMILES string of the molecule is C=CCN1CCN(C(=O)[C@H](C)Oc2ccccc2C)CC1. The second-order valence-corrected chi connectivity index (χ2v) is 5.44. The van der Waals surface area contributed by atoms with E-state index in [-0.39, 0.29) is 5.91 Å². The number of carbonyl (C=O) groups excluding carboxylic acids is 1. The predicted molar refractivity (Wildman–Crippen MR) is 84.5 cm³/mol. The summed E-state index contributed by atoms with van der Waals surface area (Å²) in [6.45, 7) is 11.8. The predicted octanol–water partition coefficient (Wildman–Crippen LogP) is 2.09. The molecule has 0 unspecified atom stereocenters. The van der Waals surface area contributed by atoms with E-state index < -0.39 is 6.10 Å². The van der Waals surface area contributed by atoms with Crippen molar-refractivity contribution in [2.24, 2.45) is 0 Å². The van der Waals surface area contributed by atoms with Crippen LogP contribution >= 0.6 is 0 Å². The Morgan fingerprint density at radius 1 is 1.33 bits per heavy atom. The van der Waals surface area contributed by atoms with Crippen molar-refractivity contribution in [3.8, 4) is 5.75 Å². The van der Waals surface area contributed by atoms with Crippen LogP contribution < -0.4 is 4.74 Å². The molecule has 1 atom stereocenters. The molecule has 1 aliphatic heterocycles. The minimum Gasteiger partial charge on any atom is -0.481 e. The Bertz CT molecular complexity index is 493. The molecule has 0 aliphatic carbocycles. The largest absolute Gasteiger partial charge is 0.481 e. The minimum atomic E-state index is -0.447. The number of piperazine rings is 1. The van der Waals surface area contributed by atoms with Gasteiger partial charge in [0.25, 0.3) is 5.91 Å². The van der Waals surface area contributed by atoms with Gasteiger partial charge in [-0.15, -0.1) is 6.58 Å². The van der Waals surface area contributed by atoms with Gasteiger partial charge in [-0.2, -0.15) is 0 Å². The van der Waals surface area contributed by atoms with Crippen molar-refractivity contribution in [1.82, 2.24) is 9.80 Å². The minimum absolute atomic E-state index is 0.0662. The van der Waals surface area contributed by atoms with Crippen molar-refractivity contribution in [2.45, 2.75) is 20.0 Å². The number of nitrogens with zero attached hydrogens (tertiary/aromatic N) is 2. The number of hydrogen-bond donors (Lipinski definition) is 0. The van der Waals surface area contributed by atoms with E-state index in [9.17, 15) is 4.79 Å². The van der Waals surface area contributed by atoms with Crippen LogP contribution in [0.2, 0.25) is 0 Å². The van der Waals surface area contributed by atoms with Gasteiger partial charge in [0.2, 0.25) is 0 Å². The van der Waals surface area contributed by atoms with Gasteiger partial charge < -0.3 is 9.64 Å². The molecule has 4 heteroatoms. The summed E-state index contributed by atoms with van der Waals surface area (Å²) in [5.74, 6) is 0.847. The third kappa shape index (κ3) is 4.08. The van der Waals surface area contributed by atoms with E-state index in [0.717, 1.165) is 44.0 Å². The number of amides is 1. The van der Waals surface area contributed by atoms with Crippen molar-refractivity contribution >= 4 is 5.91 Å². The molecule has 0 radical (unpaired) electrons. The van der Waals surface area contributed by atoms with Gasteiger partial charge >= 0.3 is 0 Å². The lowest BCUT2D eigenvalue weighted by molar-refractivity contribution is -0.139. The van der Waals surface area contributed by atoms with E-state index in [0.29, 0.717) is 0 Å². The van der Waals surface area contributed by atoms with Gasteiger partial charge in [-0.25, -0.2) is 0 Å². The van der Waals surface area contributed by atoms with Crippen LogP contribution in [0, 0.1) is 6.92 Å². The number of ether oxygens (including phenoxy) is 1. The molecule has 0 bridgehead atoms. The maximum atomic E-state index is 12.4. The molecule has 1 aromatic rings. The van der Waals surface area contributed by atoms with Crippen LogP contribution in [0.4, 0.5) is 0 Å². The average Bonchev–Trinajstić information content (AvgIpc) is 2.50. The molecule has 0 N–H and O–H groups in total. The molecule has 1 heterocycles. The summed E-state index contributed by atoms with van der Waals surface area (Å²) in [6, 6.07) is 7.78. The van der Waals surface area contributed by atoms with E-state index in [4.69, 9.17) is 4.74 Å². The summed E-state index contributed by atoms with van der Waals surface area (Å²) in [5, 5.41) is 0. The maximum absolute atomic E-state index is 12.4. The van der Waals surface area contributed by atoms with E-state index in [2.05, 4.69) is 11.5 Å². The number of aryl methyl sites for hydroxylation is 1.